The fourth-order valence-electron chi connectivity index (χ4n) is 2.18. The predicted molar refractivity (Wildman–Crippen MR) is 87.4 cm³/mol. The Morgan fingerprint density at radius 3 is 2.75 bits per heavy atom. The van der Waals surface area contributed by atoms with Crippen molar-refractivity contribution in [3.63, 3.8) is 0 Å². The van der Waals surface area contributed by atoms with Gasteiger partial charge < -0.3 is 5.73 Å². The highest BCUT2D eigenvalue weighted by molar-refractivity contribution is 9.10. The monoisotopic (exact) mass is 375 g/mol. The third-order valence-electron chi connectivity index (χ3n) is 3.22. The maximum atomic E-state index is 6.31. The van der Waals surface area contributed by atoms with E-state index in [4.69, 9.17) is 28.9 Å². The van der Waals surface area contributed by atoms with Crippen LogP contribution < -0.4 is 5.73 Å². The van der Waals surface area contributed by atoms with Crippen LogP contribution in [0.2, 0.25) is 10.0 Å². The number of aryl methyl sites for hydroxylation is 2. The molecule has 0 radical (unpaired) electrons. The zero-order chi connectivity index (χ0) is 14.9. The van der Waals surface area contributed by atoms with E-state index in [0.29, 0.717) is 16.5 Å². The van der Waals surface area contributed by atoms with Gasteiger partial charge in [0.25, 0.3) is 0 Å². The predicted octanol–water partition coefficient (Wildman–Crippen LogP) is 4.52. The maximum Gasteiger partial charge on any atom is 0.0847 e. The summed E-state index contributed by atoms with van der Waals surface area (Å²) in [6.45, 7) is 4.70. The molecule has 1 aromatic heterocycles. The van der Waals surface area contributed by atoms with E-state index in [2.05, 4.69) is 21.0 Å². The summed E-state index contributed by atoms with van der Waals surface area (Å²) < 4.78 is 2.85. The maximum absolute atomic E-state index is 6.31. The Balaban J connectivity index is 2.32. The summed E-state index contributed by atoms with van der Waals surface area (Å²) in [6.07, 6.45) is 0.601. The molecule has 1 unspecified atom stereocenters. The molecular weight excluding hydrogens is 361 g/mol. The average molecular weight is 377 g/mol. The van der Waals surface area contributed by atoms with Gasteiger partial charge in [-0.3, -0.25) is 4.68 Å². The topological polar surface area (TPSA) is 43.8 Å². The molecule has 2 rings (SSSR count). The summed E-state index contributed by atoms with van der Waals surface area (Å²) in [5.41, 5.74) is 8.98. The zero-order valence-electron chi connectivity index (χ0n) is 11.3. The van der Waals surface area contributed by atoms with Gasteiger partial charge in [0.15, 0.2) is 0 Å². The van der Waals surface area contributed by atoms with Gasteiger partial charge in [-0.25, -0.2) is 0 Å². The first kappa shape index (κ1) is 15.8. The Kier molecular flexibility index (Phi) is 5.13. The standard InChI is InChI=1S/C14H16BrCl2N3/c1-3-20-13(14(17)8(2)19-20)7-12(18)10-6-9(15)4-5-11(10)16/h4-6,12H,3,7,18H2,1-2H3. The lowest BCUT2D eigenvalue weighted by Crippen LogP contribution is -2.17. The summed E-state index contributed by atoms with van der Waals surface area (Å²) in [7, 11) is 0. The third kappa shape index (κ3) is 3.19. The molecule has 20 heavy (non-hydrogen) atoms. The SMILES string of the molecule is CCn1nc(C)c(Cl)c1CC(N)c1cc(Br)ccc1Cl. The van der Waals surface area contributed by atoms with E-state index in [1.807, 2.05) is 36.7 Å². The second kappa shape index (κ2) is 6.48. The lowest BCUT2D eigenvalue weighted by molar-refractivity contribution is 0.587. The molecule has 0 amide bonds. The summed E-state index contributed by atoms with van der Waals surface area (Å²) in [6, 6.07) is 5.45. The van der Waals surface area contributed by atoms with Crippen molar-refractivity contribution in [2.24, 2.45) is 5.73 Å². The molecule has 1 atom stereocenters. The first-order valence-corrected chi connectivity index (χ1v) is 7.91. The minimum absolute atomic E-state index is 0.223. The van der Waals surface area contributed by atoms with Gasteiger partial charge in [0.2, 0.25) is 0 Å². The number of aromatic nitrogens is 2. The second-order valence-electron chi connectivity index (χ2n) is 4.64. The molecule has 1 aromatic carbocycles. The molecule has 3 nitrogen and oxygen atoms in total. The van der Waals surface area contributed by atoms with Crippen LogP contribution in [0.1, 0.15) is 29.9 Å². The van der Waals surface area contributed by atoms with Crippen molar-refractivity contribution in [3.05, 3.63) is 49.7 Å². The van der Waals surface area contributed by atoms with Gasteiger partial charge in [0.1, 0.15) is 0 Å². The molecule has 0 aliphatic rings. The number of halogens is 3. The van der Waals surface area contributed by atoms with Crippen molar-refractivity contribution in [1.29, 1.82) is 0 Å². The Morgan fingerprint density at radius 1 is 1.40 bits per heavy atom. The average Bonchev–Trinajstić information content (AvgIpc) is 2.69. The molecule has 6 heteroatoms. The number of nitrogens with zero attached hydrogens (tertiary/aromatic N) is 2. The van der Waals surface area contributed by atoms with E-state index in [0.717, 1.165) is 28.0 Å². The Hall–Kier alpha value is -0.550. The number of nitrogens with two attached hydrogens (primary N) is 1. The molecule has 0 fully saturated rings. The first-order valence-electron chi connectivity index (χ1n) is 6.36. The zero-order valence-corrected chi connectivity index (χ0v) is 14.4. The molecular formula is C14H16BrCl2N3. The summed E-state index contributed by atoms with van der Waals surface area (Å²) in [5, 5.41) is 5.75. The van der Waals surface area contributed by atoms with Gasteiger partial charge in [-0.1, -0.05) is 39.1 Å². The van der Waals surface area contributed by atoms with Crippen molar-refractivity contribution in [2.75, 3.05) is 0 Å². The summed E-state index contributed by atoms with van der Waals surface area (Å²) in [5.74, 6) is 0. The fraction of sp³-hybridized carbons (Fsp3) is 0.357. The third-order valence-corrected chi connectivity index (χ3v) is 4.55. The van der Waals surface area contributed by atoms with E-state index >= 15 is 0 Å². The summed E-state index contributed by atoms with van der Waals surface area (Å²) >= 11 is 16.0. The normalized spacial score (nSPS) is 12.7. The van der Waals surface area contributed by atoms with Gasteiger partial charge in [0, 0.05) is 28.5 Å². The molecule has 0 saturated heterocycles. The lowest BCUT2D eigenvalue weighted by atomic mass is 10.0. The van der Waals surface area contributed by atoms with Crippen LogP contribution in [0.5, 0.6) is 0 Å². The van der Waals surface area contributed by atoms with Gasteiger partial charge in [-0.15, -0.1) is 0 Å². The minimum Gasteiger partial charge on any atom is -0.324 e. The molecule has 0 aliphatic heterocycles. The Labute approximate surface area is 137 Å². The highest BCUT2D eigenvalue weighted by Crippen LogP contribution is 2.30. The van der Waals surface area contributed by atoms with Crippen LogP contribution in [-0.2, 0) is 13.0 Å². The number of benzene rings is 1. The van der Waals surface area contributed by atoms with E-state index < -0.39 is 0 Å². The molecule has 1 heterocycles. The van der Waals surface area contributed by atoms with Gasteiger partial charge in [0.05, 0.1) is 16.4 Å². The Bertz CT molecular complexity index is 625. The van der Waals surface area contributed by atoms with E-state index in [-0.39, 0.29) is 6.04 Å². The lowest BCUT2D eigenvalue weighted by Gasteiger charge is -2.15. The number of hydrogen-bond donors (Lipinski definition) is 1. The van der Waals surface area contributed by atoms with Gasteiger partial charge in [-0.2, -0.15) is 5.10 Å². The summed E-state index contributed by atoms with van der Waals surface area (Å²) in [4.78, 5) is 0. The van der Waals surface area contributed by atoms with Crippen molar-refractivity contribution < 1.29 is 0 Å². The highest BCUT2D eigenvalue weighted by Gasteiger charge is 2.18. The molecule has 2 N–H and O–H groups in total. The Morgan fingerprint density at radius 2 is 2.10 bits per heavy atom. The molecule has 0 aliphatic carbocycles. The van der Waals surface area contributed by atoms with Crippen LogP contribution in [-0.4, -0.2) is 9.78 Å². The fourth-order valence-corrected chi connectivity index (χ4v) is 3.03. The van der Waals surface area contributed by atoms with Crippen molar-refractivity contribution in [2.45, 2.75) is 32.9 Å². The van der Waals surface area contributed by atoms with Gasteiger partial charge in [-0.05, 0) is 37.6 Å². The van der Waals surface area contributed by atoms with Crippen LogP contribution in [0.25, 0.3) is 0 Å². The van der Waals surface area contributed by atoms with Crippen LogP contribution >= 0.6 is 39.1 Å². The second-order valence-corrected chi connectivity index (χ2v) is 6.34. The molecule has 108 valence electrons. The smallest absolute Gasteiger partial charge is 0.0847 e. The quantitative estimate of drug-likeness (QED) is 0.852. The highest BCUT2D eigenvalue weighted by atomic mass is 79.9. The van der Waals surface area contributed by atoms with Crippen molar-refractivity contribution in [1.82, 2.24) is 9.78 Å². The van der Waals surface area contributed by atoms with Crippen LogP contribution in [0.15, 0.2) is 22.7 Å². The first-order chi connectivity index (χ1) is 9.43. The van der Waals surface area contributed by atoms with Crippen LogP contribution in [0, 0.1) is 6.92 Å². The van der Waals surface area contributed by atoms with Crippen LogP contribution in [0.4, 0.5) is 0 Å². The molecule has 2 aromatic rings. The molecule has 0 saturated carbocycles. The largest absolute Gasteiger partial charge is 0.324 e. The molecule has 0 spiro atoms. The van der Waals surface area contributed by atoms with Crippen molar-refractivity contribution in [3.8, 4) is 0 Å². The van der Waals surface area contributed by atoms with E-state index in [1.54, 1.807) is 0 Å². The van der Waals surface area contributed by atoms with E-state index in [1.165, 1.54) is 0 Å². The van der Waals surface area contributed by atoms with E-state index in [9.17, 15) is 0 Å². The molecule has 0 bridgehead atoms. The minimum atomic E-state index is -0.223. The number of rotatable bonds is 4. The number of hydrogen-bond acceptors (Lipinski definition) is 2. The van der Waals surface area contributed by atoms with Crippen LogP contribution in [0.3, 0.4) is 0 Å². The van der Waals surface area contributed by atoms with Crippen molar-refractivity contribution >= 4 is 39.1 Å². The van der Waals surface area contributed by atoms with Gasteiger partial charge >= 0.3 is 0 Å².